The first-order valence-electron chi connectivity index (χ1n) is 4.86. The molecule has 0 aliphatic heterocycles. The Morgan fingerprint density at radius 3 is 2.62 bits per heavy atom. The van der Waals surface area contributed by atoms with Crippen molar-refractivity contribution in [2.75, 3.05) is 0 Å². The van der Waals surface area contributed by atoms with Crippen molar-refractivity contribution in [3.05, 3.63) is 51.8 Å². The molecule has 0 saturated carbocycles. The average molecular weight is 217 g/mol. The molecule has 2 rings (SSSR count). The van der Waals surface area contributed by atoms with Gasteiger partial charge in [-0.2, -0.15) is 5.10 Å². The predicted octanol–water partition coefficient (Wildman–Crippen LogP) is 2.40. The summed E-state index contributed by atoms with van der Waals surface area (Å²) >= 11 is 0. The van der Waals surface area contributed by atoms with E-state index < -0.39 is 0 Å². The highest BCUT2D eigenvalue weighted by atomic mass is 16.6. The summed E-state index contributed by atoms with van der Waals surface area (Å²) in [5.74, 6) is 0. The normalized spacial score (nSPS) is 10.4. The third-order valence-corrected chi connectivity index (χ3v) is 2.37. The van der Waals surface area contributed by atoms with Crippen LogP contribution in [0.1, 0.15) is 11.3 Å². The van der Waals surface area contributed by atoms with Crippen molar-refractivity contribution in [3.63, 3.8) is 0 Å². The van der Waals surface area contributed by atoms with E-state index in [0.717, 1.165) is 5.69 Å². The fraction of sp³-hybridized carbons (Fsp3) is 0.182. The van der Waals surface area contributed by atoms with Gasteiger partial charge in [0.1, 0.15) is 5.69 Å². The van der Waals surface area contributed by atoms with Crippen molar-refractivity contribution >= 4 is 5.69 Å². The van der Waals surface area contributed by atoms with Crippen LogP contribution in [0.3, 0.4) is 0 Å². The van der Waals surface area contributed by atoms with Crippen LogP contribution >= 0.6 is 0 Å². The van der Waals surface area contributed by atoms with Crippen LogP contribution in [0.25, 0.3) is 5.69 Å². The molecule has 0 spiro atoms. The summed E-state index contributed by atoms with van der Waals surface area (Å²) in [7, 11) is 0. The molecule has 0 fully saturated rings. The molecule has 5 heteroatoms. The number of nitro benzene ring substituents is 1. The predicted molar refractivity (Wildman–Crippen MR) is 59.7 cm³/mol. The molecule has 0 atom stereocenters. The number of aryl methyl sites for hydroxylation is 2. The smallest absolute Gasteiger partial charge is 0.258 e. The lowest BCUT2D eigenvalue weighted by Crippen LogP contribution is -2.02. The van der Waals surface area contributed by atoms with Crippen LogP contribution in [0.2, 0.25) is 0 Å². The van der Waals surface area contributed by atoms with Gasteiger partial charge in [0.25, 0.3) is 5.69 Å². The summed E-state index contributed by atoms with van der Waals surface area (Å²) in [6.07, 6.45) is 1.72. The first-order chi connectivity index (χ1) is 7.59. The van der Waals surface area contributed by atoms with Gasteiger partial charge in [0.2, 0.25) is 0 Å². The van der Waals surface area contributed by atoms with Gasteiger partial charge in [0.15, 0.2) is 0 Å². The van der Waals surface area contributed by atoms with E-state index in [1.165, 1.54) is 4.68 Å². The van der Waals surface area contributed by atoms with E-state index in [0.29, 0.717) is 11.3 Å². The minimum Gasteiger partial charge on any atom is -0.258 e. The maximum absolute atomic E-state index is 11.0. The van der Waals surface area contributed by atoms with Crippen LogP contribution < -0.4 is 0 Å². The van der Waals surface area contributed by atoms with E-state index >= 15 is 0 Å². The van der Waals surface area contributed by atoms with Crippen LogP contribution in [0.15, 0.2) is 30.5 Å². The molecule has 0 aliphatic carbocycles. The molecule has 5 nitrogen and oxygen atoms in total. The van der Waals surface area contributed by atoms with Gasteiger partial charge in [-0.3, -0.25) is 10.1 Å². The maximum Gasteiger partial charge on any atom is 0.297 e. The van der Waals surface area contributed by atoms with Crippen molar-refractivity contribution in [2.24, 2.45) is 0 Å². The molecule has 1 aromatic carbocycles. The third-order valence-electron chi connectivity index (χ3n) is 2.37. The van der Waals surface area contributed by atoms with E-state index in [2.05, 4.69) is 5.10 Å². The van der Waals surface area contributed by atoms with Crippen molar-refractivity contribution in [1.29, 1.82) is 0 Å². The lowest BCUT2D eigenvalue weighted by molar-refractivity contribution is -0.385. The zero-order valence-electron chi connectivity index (χ0n) is 9.04. The van der Waals surface area contributed by atoms with Crippen LogP contribution in [0.4, 0.5) is 5.69 Å². The van der Waals surface area contributed by atoms with E-state index in [9.17, 15) is 10.1 Å². The second-order valence-electron chi connectivity index (χ2n) is 3.60. The SMILES string of the molecule is Cc1ccn(-c2cccc(C)c2[N+](=O)[O-])n1. The summed E-state index contributed by atoms with van der Waals surface area (Å²) in [4.78, 5) is 10.6. The molecule has 0 amide bonds. The topological polar surface area (TPSA) is 61.0 Å². The quantitative estimate of drug-likeness (QED) is 0.573. The third kappa shape index (κ3) is 1.67. The van der Waals surface area contributed by atoms with E-state index in [-0.39, 0.29) is 10.6 Å². The number of hydrogen-bond acceptors (Lipinski definition) is 3. The Hall–Kier alpha value is -2.17. The van der Waals surface area contributed by atoms with Crippen molar-refractivity contribution in [2.45, 2.75) is 13.8 Å². The second kappa shape index (κ2) is 3.77. The lowest BCUT2D eigenvalue weighted by Gasteiger charge is -2.04. The van der Waals surface area contributed by atoms with Crippen LogP contribution in [0, 0.1) is 24.0 Å². The first kappa shape index (κ1) is 10.4. The molecule has 82 valence electrons. The van der Waals surface area contributed by atoms with Crippen LogP contribution in [-0.2, 0) is 0 Å². The molecule has 0 unspecified atom stereocenters. The Labute approximate surface area is 92.5 Å². The van der Waals surface area contributed by atoms with Crippen molar-refractivity contribution < 1.29 is 4.92 Å². The molecule has 1 heterocycles. The van der Waals surface area contributed by atoms with Gasteiger partial charge in [-0.1, -0.05) is 12.1 Å². The van der Waals surface area contributed by atoms with Gasteiger partial charge in [0, 0.05) is 11.8 Å². The second-order valence-corrected chi connectivity index (χ2v) is 3.60. The zero-order chi connectivity index (χ0) is 11.7. The Morgan fingerprint density at radius 2 is 2.06 bits per heavy atom. The van der Waals surface area contributed by atoms with Gasteiger partial charge in [-0.15, -0.1) is 0 Å². The number of nitrogens with zero attached hydrogens (tertiary/aromatic N) is 3. The van der Waals surface area contributed by atoms with Gasteiger partial charge < -0.3 is 0 Å². The summed E-state index contributed by atoms with van der Waals surface area (Å²) in [6.45, 7) is 3.57. The Kier molecular flexibility index (Phi) is 2.44. The maximum atomic E-state index is 11.0. The number of nitro groups is 1. The molecule has 2 aromatic rings. The zero-order valence-corrected chi connectivity index (χ0v) is 9.04. The van der Waals surface area contributed by atoms with E-state index in [1.807, 2.05) is 13.0 Å². The standard InChI is InChI=1S/C11H11N3O2/c1-8-4-3-5-10(11(8)14(15)16)13-7-6-9(2)12-13/h3-7H,1-2H3. The molecule has 16 heavy (non-hydrogen) atoms. The Balaban J connectivity index is 2.65. The van der Waals surface area contributed by atoms with Crippen LogP contribution in [-0.4, -0.2) is 14.7 Å². The largest absolute Gasteiger partial charge is 0.297 e. The summed E-state index contributed by atoms with van der Waals surface area (Å²) in [5, 5.41) is 15.2. The molecule has 0 aliphatic rings. The summed E-state index contributed by atoms with van der Waals surface area (Å²) < 4.78 is 1.53. The first-order valence-corrected chi connectivity index (χ1v) is 4.86. The molecule has 0 N–H and O–H groups in total. The Bertz CT molecular complexity index is 546. The minimum absolute atomic E-state index is 0.102. The monoisotopic (exact) mass is 217 g/mol. The number of hydrogen-bond donors (Lipinski definition) is 0. The molecule has 0 saturated heterocycles. The highest BCUT2D eigenvalue weighted by Crippen LogP contribution is 2.25. The summed E-state index contributed by atoms with van der Waals surface area (Å²) in [5.41, 5.74) is 2.06. The van der Waals surface area contributed by atoms with Crippen molar-refractivity contribution in [3.8, 4) is 5.69 Å². The number of rotatable bonds is 2. The Morgan fingerprint density at radius 1 is 1.31 bits per heavy atom. The number of aromatic nitrogens is 2. The molecular weight excluding hydrogens is 206 g/mol. The fourth-order valence-electron chi connectivity index (χ4n) is 1.62. The molecule has 0 bridgehead atoms. The average Bonchev–Trinajstić information content (AvgIpc) is 2.63. The van der Waals surface area contributed by atoms with Gasteiger partial charge in [-0.05, 0) is 26.0 Å². The molecule has 0 radical (unpaired) electrons. The lowest BCUT2D eigenvalue weighted by atomic mass is 10.2. The fourth-order valence-corrected chi connectivity index (χ4v) is 1.62. The van der Waals surface area contributed by atoms with Crippen LogP contribution in [0.5, 0.6) is 0 Å². The minimum atomic E-state index is -0.373. The highest BCUT2D eigenvalue weighted by molar-refractivity contribution is 5.56. The molecular formula is C11H11N3O2. The number of benzene rings is 1. The van der Waals surface area contributed by atoms with E-state index in [1.54, 1.807) is 31.3 Å². The van der Waals surface area contributed by atoms with Crippen molar-refractivity contribution in [1.82, 2.24) is 9.78 Å². The number of para-hydroxylation sites is 1. The van der Waals surface area contributed by atoms with E-state index in [4.69, 9.17) is 0 Å². The van der Waals surface area contributed by atoms with Gasteiger partial charge in [0.05, 0.1) is 10.6 Å². The highest BCUT2D eigenvalue weighted by Gasteiger charge is 2.18. The molecule has 1 aromatic heterocycles. The van der Waals surface area contributed by atoms with Gasteiger partial charge in [-0.25, -0.2) is 4.68 Å². The van der Waals surface area contributed by atoms with Gasteiger partial charge >= 0.3 is 0 Å². The summed E-state index contributed by atoms with van der Waals surface area (Å²) in [6, 6.07) is 7.01.